The van der Waals surface area contributed by atoms with Crippen molar-refractivity contribution in [2.75, 3.05) is 0 Å². The van der Waals surface area contributed by atoms with Gasteiger partial charge < -0.3 is 5.32 Å². The highest BCUT2D eigenvalue weighted by Crippen LogP contribution is 2.22. The third-order valence-electron chi connectivity index (χ3n) is 3.87. The van der Waals surface area contributed by atoms with Crippen LogP contribution in [0, 0.1) is 26.7 Å². The molecule has 2 rings (SSSR count). The molecule has 0 radical (unpaired) electrons. The van der Waals surface area contributed by atoms with E-state index >= 15 is 0 Å². The second-order valence-electron chi connectivity index (χ2n) is 6.36. The van der Waals surface area contributed by atoms with Gasteiger partial charge in [0.15, 0.2) is 5.82 Å². The molecular formula is C17H26N4OS. The number of carbonyl (C=O) groups is 1. The van der Waals surface area contributed by atoms with Crippen LogP contribution in [0.3, 0.4) is 0 Å². The fourth-order valence-corrected chi connectivity index (χ4v) is 3.62. The molecule has 2 N–H and O–H groups in total. The molecule has 126 valence electrons. The van der Waals surface area contributed by atoms with Crippen molar-refractivity contribution in [1.29, 1.82) is 0 Å². The SMILES string of the molecule is Cc1nc([C@H](NC(=O)CCCc2cc(C)sc2C)C(C)C)n[nH]1. The molecular weight excluding hydrogens is 308 g/mol. The standard InChI is InChI=1S/C17H26N4OS/c1-10(2)16(17-18-13(5)20-21-17)19-15(22)8-6-7-14-9-11(3)23-12(14)4/h9-10,16H,6-8H2,1-5H3,(H,19,22)(H,18,20,21)/t16-/m1/s1. The maximum atomic E-state index is 12.2. The van der Waals surface area contributed by atoms with Crippen LogP contribution in [-0.2, 0) is 11.2 Å². The van der Waals surface area contributed by atoms with Crippen LogP contribution in [0.2, 0.25) is 0 Å². The fraction of sp³-hybridized carbons (Fsp3) is 0.588. The van der Waals surface area contributed by atoms with E-state index in [4.69, 9.17) is 0 Å². The number of thiophene rings is 1. The summed E-state index contributed by atoms with van der Waals surface area (Å²) in [5.41, 5.74) is 1.37. The molecule has 2 aromatic heterocycles. The normalized spacial score (nSPS) is 12.6. The molecule has 0 fully saturated rings. The number of amides is 1. The van der Waals surface area contributed by atoms with Gasteiger partial charge in [-0.05, 0) is 51.2 Å². The first-order chi connectivity index (χ1) is 10.9. The van der Waals surface area contributed by atoms with Gasteiger partial charge >= 0.3 is 0 Å². The van der Waals surface area contributed by atoms with E-state index in [2.05, 4.69) is 54.3 Å². The summed E-state index contributed by atoms with van der Waals surface area (Å²) in [6, 6.07) is 2.09. The lowest BCUT2D eigenvalue weighted by Crippen LogP contribution is -2.32. The van der Waals surface area contributed by atoms with Crippen LogP contribution < -0.4 is 5.32 Å². The van der Waals surface area contributed by atoms with Crippen molar-refractivity contribution in [2.45, 2.75) is 59.9 Å². The van der Waals surface area contributed by atoms with Crippen molar-refractivity contribution >= 4 is 17.2 Å². The van der Waals surface area contributed by atoms with E-state index in [1.165, 1.54) is 15.3 Å². The Kier molecular flexibility index (Phi) is 5.93. The van der Waals surface area contributed by atoms with Gasteiger partial charge in [-0.25, -0.2) is 4.98 Å². The summed E-state index contributed by atoms with van der Waals surface area (Å²) in [6.07, 6.45) is 2.34. The molecule has 1 amide bonds. The Morgan fingerprint density at radius 3 is 2.61 bits per heavy atom. The first kappa shape index (κ1) is 17.7. The van der Waals surface area contributed by atoms with Crippen molar-refractivity contribution in [3.8, 4) is 0 Å². The Morgan fingerprint density at radius 1 is 1.35 bits per heavy atom. The molecule has 0 aliphatic heterocycles. The molecule has 0 saturated carbocycles. The van der Waals surface area contributed by atoms with Gasteiger partial charge in [-0.3, -0.25) is 9.89 Å². The molecule has 0 aliphatic rings. The molecule has 0 saturated heterocycles. The van der Waals surface area contributed by atoms with E-state index in [0.717, 1.165) is 18.7 Å². The lowest BCUT2D eigenvalue weighted by molar-refractivity contribution is -0.122. The second kappa shape index (κ2) is 7.73. The summed E-state index contributed by atoms with van der Waals surface area (Å²) >= 11 is 1.82. The zero-order valence-corrected chi connectivity index (χ0v) is 15.4. The first-order valence-electron chi connectivity index (χ1n) is 8.11. The van der Waals surface area contributed by atoms with Gasteiger partial charge in [0, 0.05) is 16.2 Å². The lowest BCUT2D eigenvalue weighted by atomic mass is 10.0. The summed E-state index contributed by atoms with van der Waals surface area (Å²) in [5, 5.41) is 10.1. The zero-order valence-electron chi connectivity index (χ0n) is 14.6. The fourth-order valence-electron chi connectivity index (χ4n) is 2.65. The summed E-state index contributed by atoms with van der Waals surface area (Å²) in [7, 11) is 0. The van der Waals surface area contributed by atoms with Gasteiger partial charge in [0.05, 0.1) is 6.04 Å². The smallest absolute Gasteiger partial charge is 0.220 e. The topological polar surface area (TPSA) is 70.7 Å². The van der Waals surface area contributed by atoms with E-state index in [9.17, 15) is 4.79 Å². The van der Waals surface area contributed by atoms with Crippen LogP contribution in [0.15, 0.2) is 6.07 Å². The molecule has 5 nitrogen and oxygen atoms in total. The zero-order chi connectivity index (χ0) is 17.0. The minimum absolute atomic E-state index is 0.0655. The average Bonchev–Trinajstić information content (AvgIpc) is 3.02. The van der Waals surface area contributed by atoms with Crippen molar-refractivity contribution in [1.82, 2.24) is 20.5 Å². The quantitative estimate of drug-likeness (QED) is 0.812. The minimum Gasteiger partial charge on any atom is -0.346 e. The number of aromatic amines is 1. The van der Waals surface area contributed by atoms with Gasteiger partial charge in [0.25, 0.3) is 0 Å². The molecule has 2 heterocycles. The Hall–Kier alpha value is -1.69. The third-order valence-corrected chi connectivity index (χ3v) is 4.88. The Bertz CT molecular complexity index is 659. The maximum absolute atomic E-state index is 12.2. The number of hydrogen-bond donors (Lipinski definition) is 2. The van der Waals surface area contributed by atoms with Gasteiger partial charge in [-0.1, -0.05) is 13.8 Å². The molecule has 0 aromatic carbocycles. The number of rotatable bonds is 7. The number of aryl methyl sites for hydroxylation is 4. The van der Waals surface area contributed by atoms with E-state index in [1.54, 1.807) is 0 Å². The number of nitrogens with one attached hydrogen (secondary N) is 2. The van der Waals surface area contributed by atoms with Crippen LogP contribution in [0.5, 0.6) is 0 Å². The average molecular weight is 334 g/mol. The summed E-state index contributed by atoms with van der Waals surface area (Å²) in [6.45, 7) is 10.3. The minimum atomic E-state index is -0.141. The van der Waals surface area contributed by atoms with Crippen molar-refractivity contribution in [3.63, 3.8) is 0 Å². The highest BCUT2D eigenvalue weighted by Gasteiger charge is 2.22. The summed E-state index contributed by atoms with van der Waals surface area (Å²) in [4.78, 5) is 19.3. The highest BCUT2D eigenvalue weighted by molar-refractivity contribution is 7.12. The number of hydrogen-bond acceptors (Lipinski definition) is 4. The number of H-pyrrole nitrogens is 1. The first-order valence-corrected chi connectivity index (χ1v) is 8.92. The highest BCUT2D eigenvalue weighted by atomic mass is 32.1. The van der Waals surface area contributed by atoms with Crippen LogP contribution >= 0.6 is 11.3 Å². The van der Waals surface area contributed by atoms with E-state index in [1.807, 2.05) is 18.3 Å². The van der Waals surface area contributed by atoms with Gasteiger partial charge in [-0.15, -0.1) is 11.3 Å². The van der Waals surface area contributed by atoms with Crippen LogP contribution in [0.4, 0.5) is 0 Å². The van der Waals surface area contributed by atoms with Crippen molar-refractivity contribution in [3.05, 3.63) is 33.0 Å². The monoisotopic (exact) mass is 334 g/mol. The third kappa shape index (κ3) is 4.89. The molecule has 0 spiro atoms. The lowest BCUT2D eigenvalue weighted by Gasteiger charge is -2.19. The Morgan fingerprint density at radius 2 is 2.09 bits per heavy atom. The Labute approximate surface area is 141 Å². The largest absolute Gasteiger partial charge is 0.346 e. The van der Waals surface area contributed by atoms with E-state index in [0.29, 0.717) is 12.2 Å². The molecule has 0 bridgehead atoms. The maximum Gasteiger partial charge on any atom is 0.220 e. The van der Waals surface area contributed by atoms with Crippen LogP contribution in [0.1, 0.15) is 59.7 Å². The predicted molar refractivity (Wildman–Crippen MR) is 93.6 cm³/mol. The predicted octanol–water partition coefficient (Wildman–Crippen LogP) is 3.63. The second-order valence-corrected chi connectivity index (χ2v) is 7.82. The van der Waals surface area contributed by atoms with Crippen molar-refractivity contribution < 1.29 is 4.79 Å². The number of carbonyl (C=O) groups excluding carboxylic acids is 1. The number of nitrogens with zero attached hydrogens (tertiary/aromatic N) is 2. The van der Waals surface area contributed by atoms with E-state index < -0.39 is 0 Å². The molecule has 2 aromatic rings. The van der Waals surface area contributed by atoms with E-state index in [-0.39, 0.29) is 17.9 Å². The summed E-state index contributed by atoms with van der Waals surface area (Å²) < 4.78 is 0. The summed E-state index contributed by atoms with van der Waals surface area (Å²) in [5.74, 6) is 1.74. The molecule has 0 unspecified atom stereocenters. The Balaban J connectivity index is 1.86. The molecule has 1 atom stereocenters. The molecule has 23 heavy (non-hydrogen) atoms. The molecule has 6 heteroatoms. The van der Waals surface area contributed by atoms with Crippen molar-refractivity contribution in [2.24, 2.45) is 5.92 Å². The van der Waals surface area contributed by atoms with Gasteiger partial charge in [0.1, 0.15) is 5.82 Å². The van der Waals surface area contributed by atoms with Gasteiger partial charge in [0.2, 0.25) is 5.91 Å². The number of aromatic nitrogens is 3. The van der Waals surface area contributed by atoms with Crippen LogP contribution in [-0.4, -0.2) is 21.1 Å². The van der Waals surface area contributed by atoms with Gasteiger partial charge in [-0.2, -0.15) is 5.10 Å². The molecule has 0 aliphatic carbocycles. The van der Waals surface area contributed by atoms with Crippen LogP contribution in [0.25, 0.3) is 0 Å².